The van der Waals surface area contributed by atoms with E-state index in [0.717, 1.165) is 6.07 Å². The van der Waals surface area contributed by atoms with Gasteiger partial charge in [0, 0.05) is 37.1 Å². The van der Waals surface area contributed by atoms with Crippen LogP contribution in [0.2, 0.25) is 5.02 Å². The molecule has 0 unspecified atom stereocenters. The maximum atomic E-state index is 14.6. The van der Waals surface area contributed by atoms with Gasteiger partial charge in [0.15, 0.2) is 0 Å². The van der Waals surface area contributed by atoms with E-state index in [1.165, 1.54) is 41.2 Å². The van der Waals surface area contributed by atoms with Crippen LogP contribution in [0.4, 0.5) is 15.9 Å². The molecule has 1 saturated carbocycles. The van der Waals surface area contributed by atoms with Gasteiger partial charge in [0.2, 0.25) is 11.8 Å². The molecule has 1 aromatic carbocycles. The first-order chi connectivity index (χ1) is 15.4. The number of carbonyl (C=O) groups is 2. The zero-order valence-corrected chi connectivity index (χ0v) is 17.3. The number of amides is 2. The largest absolute Gasteiger partial charge is 0.396 e. The summed E-state index contributed by atoms with van der Waals surface area (Å²) < 4.78 is 15.9. The molecule has 0 aliphatic heterocycles. The average Bonchev–Trinajstić information content (AvgIpc) is 3.52. The molecule has 8 nitrogen and oxygen atoms in total. The summed E-state index contributed by atoms with van der Waals surface area (Å²) in [5.74, 6) is -3.72. The summed E-state index contributed by atoms with van der Waals surface area (Å²) in [5.41, 5.74) is -0.111. The summed E-state index contributed by atoms with van der Waals surface area (Å²) in [7, 11) is 0. The van der Waals surface area contributed by atoms with Crippen molar-refractivity contribution in [2.75, 3.05) is 17.2 Å². The molecule has 3 aromatic rings. The predicted octanol–water partition coefficient (Wildman–Crippen LogP) is 2.46. The van der Waals surface area contributed by atoms with Gasteiger partial charge >= 0.3 is 0 Å². The molecule has 0 spiro atoms. The zero-order valence-electron chi connectivity index (χ0n) is 16.5. The van der Waals surface area contributed by atoms with Gasteiger partial charge in [-0.15, -0.1) is 0 Å². The van der Waals surface area contributed by atoms with Gasteiger partial charge in [-0.1, -0.05) is 17.7 Å². The fourth-order valence-electron chi connectivity index (χ4n) is 3.59. The SMILES string of the molecule is O=C(Nc1ccc(-n2ccccc2=O)cc1F)[C@@H]1[C@@H](CO)[C@@H]1C(=O)Nc1ccc(Cl)cn1. The monoisotopic (exact) mass is 456 g/mol. The number of aromatic nitrogens is 2. The van der Waals surface area contributed by atoms with Crippen LogP contribution in [-0.4, -0.2) is 33.1 Å². The van der Waals surface area contributed by atoms with Crippen LogP contribution in [-0.2, 0) is 9.59 Å². The lowest BCUT2D eigenvalue weighted by Crippen LogP contribution is -2.21. The van der Waals surface area contributed by atoms with Gasteiger partial charge in [0.05, 0.1) is 28.2 Å². The third kappa shape index (κ3) is 4.39. The normalized spacial score (nSPS) is 19.3. The van der Waals surface area contributed by atoms with Gasteiger partial charge in [-0.3, -0.25) is 19.0 Å². The van der Waals surface area contributed by atoms with E-state index in [-0.39, 0.29) is 23.7 Å². The van der Waals surface area contributed by atoms with Gasteiger partial charge in [0.25, 0.3) is 5.56 Å². The molecule has 0 radical (unpaired) electrons. The number of anilines is 2. The van der Waals surface area contributed by atoms with Crippen molar-refractivity contribution in [1.82, 2.24) is 9.55 Å². The number of hydrogen-bond acceptors (Lipinski definition) is 5. The van der Waals surface area contributed by atoms with Crippen molar-refractivity contribution in [3.05, 3.63) is 82.1 Å². The van der Waals surface area contributed by atoms with E-state index in [9.17, 15) is 23.9 Å². The highest BCUT2D eigenvalue weighted by atomic mass is 35.5. The fraction of sp³-hybridized carbons (Fsp3) is 0.182. The number of benzene rings is 1. The summed E-state index contributed by atoms with van der Waals surface area (Å²) in [5, 5.41) is 15.0. The minimum atomic E-state index is -0.817. The Morgan fingerprint density at radius 2 is 1.84 bits per heavy atom. The number of nitrogens with one attached hydrogen (secondary N) is 2. The van der Waals surface area contributed by atoms with Crippen molar-refractivity contribution in [3.8, 4) is 5.69 Å². The average molecular weight is 457 g/mol. The molecule has 2 aromatic heterocycles. The Hall–Kier alpha value is -3.56. The topological polar surface area (TPSA) is 113 Å². The van der Waals surface area contributed by atoms with Gasteiger partial charge in [-0.25, -0.2) is 9.37 Å². The summed E-state index contributed by atoms with van der Waals surface area (Å²) in [6.45, 7) is -0.372. The van der Waals surface area contributed by atoms with Crippen molar-refractivity contribution in [1.29, 1.82) is 0 Å². The molecule has 3 atom stereocenters. The first kappa shape index (κ1) is 21.7. The lowest BCUT2D eigenvalue weighted by molar-refractivity contribution is -0.122. The van der Waals surface area contributed by atoms with E-state index < -0.39 is 35.4 Å². The Balaban J connectivity index is 1.45. The Bertz CT molecular complexity index is 1230. The quantitative estimate of drug-likeness (QED) is 0.527. The van der Waals surface area contributed by atoms with E-state index in [2.05, 4.69) is 15.6 Å². The van der Waals surface area contributed by atoms with Crippen molar-refractivity contribution >= 4 is 34.9 Å². The van der Waals surface area contributed by atoms with Crippen LogP contribution in [0.15, 0.2) is 65.7 Å². The van der Waals surface area contributed by atoms with Crippen LogP contribution in [0.1, 0.15) is 0 Å². The minimum Gasteiger partial charge on any atom is -0.396 e. The molecule has 32 heavy (non-hydrogen) atoms. The lowest BCUT2D eigenvalue weighted by Gasteiger charge is -2.10. The molecule has 2 amide bonds. The maximum Gasteiger partial charge on any atom is 0.255 e. The number of aliphatic hydroxyl groups is 1. The molecule has 0 bridgehead atoms. The number of carbonyl (C=O) groups excluding carboxylic acids is 2. The second-order valence-corrected chi connectivity index (χ2v) is 7.75. The van der Waals surface area contributed by atoms with E-state index in [1.54, 1.807) is 18.2 Å². The summed E-state index contributed by atoms with van der Waals surface area (Å²) in [4.78, 5) is 41.0. The number of hydrogen-bond donors (Lipinski definition) is 3. The molecule has 3 N–H and O–H groups in total. The van der Waals surface area contributed by atoms with Crippen LogP contribution in [0.5, 0.6) is 0 Å². The van der Waals surface area contributed by atoms with Crippen LogP contribution in [0, 0.1) is 23.6 Å². The van der Waals surface area contributed by atoms with E-state index in [0.29, 0.717) is 10.7 Å². The van der Waals surface area contributed by atoms with Crippen molar-refractivity contribution in [2.24, 2.45) is 17.8 Å². The third-order valence-corrected chi connectivity index (χ3v) is 5.50. The lowest BCUT2D eigenvalue weighted by atomic mass is 10.2. The van der Waals surface area contributed by atoms with Crippen molar-refractivity contribution < 1.29 is 19.1 Å². The second-order valence-electron chi connectivity index (χ2n) is 7.31. The number of halogens is 2. The van der Waals surface area contributed by atoms with E-state index in [1.807, 2.05) is 0 Å². The standard InChI is InChI=1S/C22H18ClFN4O4/c23-12-4-7-17(25-10-12)27-22(32)20-14(11-29)19(20)21(31)26-16-6-5-13(9-15(16)24)28-8-2-1-3-18(28)30/h1-10,14,19-20,29H,11H2,(H,26,31)(H,25,27,32)/t14-,19-,20+/m1/s1. The Morgan fingerprint density at radius 1 is 1.09 bits per heavy atom. The molecule has 4 rings (SSSR count). The molecule has 1 aliphatic rings. The first-order valence-corrected chi connectivity index (χ1v) is 10.1. The van der Waals surface area contributed by atoms with Gasteiger partial charge in [-0.2, -0.15) is 0 Å². The smallest absolute Gasteiger partial charge is 0.255 e. The van der Waals surface area contributed by atoms with Crippen molar-refractivity contribution in [3.63, 3.8) is 0 Å². The van der Waals surface area contributed by atoms with Crippen LogP contribution in [0.3, 0.4) is 0 Å². The molecule has 2 heterocycles. The van der Waals surface area contributed by atoms with Crippen LogP contribution in [0.25, 0.3) is 5.69 Å². The molecule has 0 saturated heterocycles. The number of pyridine rings is 2. The van der Waals surface area contributed by atoms with Gasteiger partial charge in [-0.05, 0) is 30.3 Å². The number of nitrogens with zero attached hydrogens (tertiary/aromatic N) is 2. The van der Waals surface area contributed by atoms with E-state index >= 15 is 0 Å². The maximum absolute atomic E-state index is 14.6. The predicted molar refractivity (Wildman–Crippen MR) is 116 cm³/mol. The molecule has 10 heteroatoms. The Labute approximate surface area is 186 Å². The molecule has 1 fully saturated rings. The van der Waals surface area contributed by atoms with Gasteiger partial charge in [0.1, 0.15) is 11.6 Å². The summed E-state index contributed by atoms with van der Waals surface area (Å²) in [6, 6.07) is 11.6. The zero-order chi connectivity index (χ0) is 22.8. The summed E-state index contributed by atoms with van der Waals surface area (Å²) >= 11 is 5.77. The van der Waals surface area contributed by atoms with Gasteiger partial charge < -0.3 is 15.7 Å². The highest BCUT2D eigenvalue weighted by Gasteiger charge is 2.58. The highest BCUT2D eigenvalue weighted by molar-refractivity contribution is 6.30. The number of rotatable bonds is 6. The Morgan fingerprint density at radius 3 is 2.47 bits per heavy atom. The fourth-order valence-corrected chi connectivity index (χ4v) is 3.70. The Kier molecular flexibility index (Phi) is 6.02. The van der Waals surface area contributed by atoms with E-state index in [4.69, 9.17) is 11.6 Å². The molecule has 1 aliphatic carbocycles. The molecule has 164 valence electrons. The number of aliphatic hydroxyl groups excluding tert-OH is 1. The van der Waals surface area contributed by atoms with Crippen LogP contribution >= 0.6 is 11.6 Å². The minimum absolute atomic E-state index is 0.0927. The molecular formula is C22H18ClFN4O4. The van der Waals surface area contributed by atoms with Crippen LogP contribution < -0.4 is 16.2 Å². The first-order valence-electron chi connectivity index (χ1n) is 9.71. The highest BCUT2D eigenvalue weighted by Crippen LogP contribution is 2.47. The summed E-state index contributed by atoms with van der Waals surface area (Å²) in [6.07, 6.45) is 2.87. The second kappa shape index (κ2) is 8.89. The third-order valence-electron chi connectivity index (χ3n) is 5.27. The molecular weight excluding hydrogens is 439 g/mol. The van der Waals surface area contributed by atoms with Crippen molar-refractivity contribution in [2.45, 2.75) is 0 Å².